The molecule has 0 aliphatic rings. The summed E-state index contributed by atoms with van der Waals surface area (Å²) in [6, 6.07) is 27.0. The average Bonchev–Trinajstić information content (AvgIpc) is 2.84. The first-order valence-electron chi connectivity index (χ1n) is 10.8. The second-order valence-electron chi connectivity index (χ2n) is 8.01. The van der Waals surface area contributed by atoms with Crippen LogP contribution >= 0.6 is 11.6 Å². The van der Waals surface area contributed by atoms with E-state index in [2.05, 4.69) is 11.4 Å². The first-order chi connectivity index (χ1) is 16.5. The van der Waals surface area contributed by atoms with Gasteiger partial charge >= 0.3 is 0 Å². The monoisotopic (exact) mass is 466 g/mol. The normalized spacial score (nSPS) is 11.2. The smallest absolute Gasteiger partial charge is 0.266 e. The summed E-state index contributed by atoms with van der Waals surface area (Å²) in [5, 5.41) is 15.0. The van der Waals surface area contributed by atoms with Gasteiger partial charge in [0.1, 0.15) is 24.0 Å². The van der Waals surface area contributed by atoms with Crippen LogP contribution in [-0.4, -0.2) is 5.91 Å². The summed E-state index contributed by atoms with van der Waals surface area (Å²) in [6.07, 6.45) is 1.59. The van der Waals surface area contributed by atoms with Gasteiger partial charge in [0.25, 0.3) is 5.91 Å². The average molecular weight is 467 g/mol. The van der Waals surface area contributed by atoms with Gasteiger partial charge in [-0.3, -0.25) is 4.79 Å². The van der Waals surface area contributed by atoms with Gasteiger partial charge in [0.15, 0.2) is 0 Å². The van der Waals surface area contributed by atoms with E-state index < -0.39 is 5.91 Å². The SMILES string of the molecule is Cc1cccc(COc2ccc3ccccc3c2/C=C(\C#N)C(=O)Nc2cccc(Cl)c2C)c1. The Morgan fingerprint density at radius 1 is 1.03 bits per heavy atom. The quantitative estimate of drug-likeness (QED) is 0.241. The van der Waals surface area contributed by atoms with E-state index in [1.807, 2.05) is 74.5 Å². The molecule has 4 aromatic rings. The van der Waals surface area contributed by atoms with E-state index in [0.29, 0.717) is 28.6 Å². The molecular weight excluding hydrogens is 444 g/mol. The van der Waals surface area contributed by atoms with Gasteiger partial charge in [-0.05, 0) is 60.0 Å². The lowest BCUT2D eigenvalue weighted by molar-refractivity contribution is -0.112. The Kier molecular flexibility index (Phi) is 6.96. The summed E-state index contributed by atoms with van der Waals surface area (Å²) in [6.45, 7) is 4.22. The molecule has 0 aromatic heterocycles. The van der Waals surface area contributed by atoms with Gasteiger partial charge in [0, 0.05) is 16.3 Å². The zero-order valence-corrected chi connectivity index (χ0v) is 19.7. The molecule has 0 unspecified atom stereocenters. The summed E-state index contributed by atoms with van der Waals surface area (Å²) in [7, 11) is 0. The second-order valence-corrected chi connectivity index (χ2v) is 8.42. The Morgan fingerprint density at radius 3 is 2.62 bits per heavy atom. The summed E-state index contributed by atoms with van der Waals surface area (Å²) in [5.41, 5.74) is 4.14. The van der Waals surface area contributed by atoms with Gasteiger partial charge in [-0.15, -0.1) is 0 Å². The molecule has 0 bridgehead atoms. The highest BCUT2D eigenvalue weighted by atomic mass is 35.5. The molecule has 0 aliphatic carbocycles. The van der Waals surface area contributed by atoms with Crippen molar-refractivity contribution < 1.29 is 9.53 Å². The maximum atomic E-state index is 13.0. The number of anilines is 1. The van der Waals surface area contributed by atoms with Gasteiger partial charge in [0.05, 0.1) is 0 Å². The molecule has 0 aliphatic heterocycles. The number of ether oxygens (including phenoxy) is 1. The number of nitriles is 1. The van der Waals surface area contributed by atoms with E-state index in [1.54, 1.807) is 24.3 Å². The first-order valence-corrected chi connectivity index (χ1v) is 11.2. The third-order valence-electron chi connectivity index (χ3n) is 5.58. The number of nitrogens with zero attached hydrogens (tertiary/aromatic N) is 1. The largest absolute Gasteiger partial charge is 0.488 e. The summed E-state index contributed by atoms with van der Waals surface area (Å²) in [4.78, 5) is 13.0. The topological polar surface area (TPSA) is 62.1 Å². The van der Waals surface area contributed by atoms with Crippen molar-refractivity contribution in [2.24, 2.45) is 0 Å². The molecule has 1 amide bonds. The van der Waals surface area contributed by atoms with Crippen molar-refractivity contribution in [3.63, 3.8) is 0 Å². The summed E-state index contributed by atoms with van der Waals surface area (Å²) in [5.74, 6) is 0.0881. The van der Waals surface area contributed by atoms with Gasteiger partial charge in [0.2, 0.25) is 0 Å². The summed E-state index contributed by atoms with van der Waals surface area (Å²) >= 11 is 6.17. The highest BCUT2D eigenvalue weighted by molar-refractivity contribution is 6.31. The lowest BCUT2D eigenvalue weighted by atomic mass is 10.0. The minimum absolute atomic E-state index is 0.0314. The molecule has 0 spiro atoms. The lowest BCUT2D eigenvalue weighted by Crippen LogP contribution is -2.14. The van der Waals surface area contributed by atoms with E-state index >= 15 is 0 Å². The van der Waals surface area contributed by atoms with Crippen LogP contribution in [0.15, 0.2) is 84.4 Å². The van der Waals surface area contributed by atoms with Crippen molar-refractivity contribution >= 4 is 40.0 Å². The van der Waals surface area contributed by atoms with Crippen LogP contribution in [0.1, 0.15) is 22.3 Å². The van der Waals surface area contributed by atoms with Gasteiger partial charge in [-0.25, -0.2) is 0 Å². The molecule has 5 heteroatoms. The maximum absolute atomic E-state index is 13.0. The molecule has 0 saturated heterocycles. The van der Waals surface area contributed by atoms with Gasteiger partial charge < -0.3 is 10.1 Å². The Hall–Kier alpha value is -4.07. The third kappa shape index (κ3) is 5.11. The zero-order valence-electron chi connectivity index (χ0n) is 18.9. The Morgan fingerprint density at radius 2 is 1.82 bits per heavy atom. The van der Waals surface area contributed by atoms with E-state index in [-0.39, 0.29) is 5.57 Å². The predicted molar refractivity (Wildman–Crippen MR) is 138 cm³/mol. The molecule has 0 atom stereocenters. The molecule has 0 saturated carbocycles. The van der Waals surface area contributed by atoms with Crippen LogP contribution in [-0.2, 0) is 11.4 Å². The number of halogens is 1. The van der Waals surface area contributed by atoms with Crippen LogP contribution in [0.5, 0.6) is 5.75 Å². The lowest BCUT2D eigenvalue weighted by Gasteiger charge is -2.13. The second kappa shape index (κ2) is 10.2. The fourth-order valence-corrected chi connectivity index (χ4v) is 3.91. The highest BCUT2D eigenvalue weighted by Gasteiger charge is 2.15. The zero-order chi connectivity index (χ0) is 24.1. The number of hydrogen-bond acceptors (Lipinski definition) is 3. The van der Waals surface area contributed by atoms with E-state index in [0.717, 1.165) is 27.5 Å². The standard InChI is InChI=1S/C29H23ClN2O2/c1-19-7-5-8-21(15-19)18-34-28-14-13-22-9-3-4-10-24(22)25(28)16-23(17-31)29(33)32-27-12-6-11-26(30)20(27)2/h3-16H,18H2,1-2H3,(H,32,33)/b23-16+. The minimum Gasteiger partial charge on any atom is -0.488 e. The molecule has 34 heavy (non-hydrogen) atoms. The van der Waals surface area contributed by atoms with Crippen LogP contribution < -0.4 is 10.1 Å². The van der Waals surface area contributed by atoms with Crippen molar-refractivity contribution in [1.82, 2.24) is 0 Å². The number of benzene rings is 4. The molecule has 0 radical (unpaired) electrons. The first kappa shape index (κ1) is 23.1. The molecule has 4 aromatic carbocycles. The minimum atomic E-state index is -0.509. The van der Waals surface area contributed by atoms with Gasteiger partial charge in [-0.1, -0.05) is 77.8 Å². The maximum Gasteiger partial charge on any atom is 0.266 e. The highest BCUT2D eigenvalue weighted by Crippen LogP contribution is 2.31. The summed E-state index contributed by atoms with van der Waals surface area (Å²) < 4.78 is 6.16. The molecule has 4 nitrogen and oxygen atoms in total. The molecule has 0 heterocycles. The van der Waals surface area contributed by atoms with E-state index in [4.69, 9.17) is 16.3 Å². The number of aryl methyl sites for hydroxylation is 1. The number of carbonyl (C=O) groups is 1. The predicted octanol–water partition coefficient (Wildman–Crippen LogP) is 7.23. The third-order valence-corrected chi connectivity index (χ3v) is 5.99. The Labute approximate surface area is 204 Å². The molecule has 4 rings (SSSR count). The van der Waals surface area contributed by atoms with Crippen molar-refractivity contribution in [1.29, 1.82) is 5.26 Å². The van der Waals surface area contributed by atoms with Gasteiger partial charge in [-0.2, -0.15) is 5.26 Å². The van der Waals surface area contributed by atoms with Crippen LogP contribution in [0.4, 0.5) is 5.69 Å². The number of rotatable bonds is 6. The molecule has 168 valence electrons. The number of carbonyl (C=O) groups excluding carboxylic acids is 1. The molecular formula is C29H23ClN2O2. The van der Waals surface area contributed by atoms with Crippen LogP contribution in [0, 0.1) is 25.2 Å². The molecule has 1 N–H and O–H groups in total. The van der Waals surface area contributed by atoms with Crippen LogP contribution in [0.2, 0.25) is 5.02 Å². The van der Waals surface area contributed by atoms with E-state index in [1.165, 1.54) is 0 Å². The number of fused-ring (bicyclic) bond motifs is 1. The van der Waals surface area contributed by atoms with Crippen molar-refractivity contribution in [3.05, 3.63) is 112 Å². The van der Waals surface area contributed by atoms with Crippen molar-refractivity contribution in [2.75, 3.05) is 5.32 Å². The molecule has 0 fully saturated rings. The Bertz CT molecular complexity index is 1450. The van der Waals surface area contributed by atoms with Crippen LogP contribution in [0.3, 0.4) is 0 Å². The van der Waals surface area contributed by atoms with Crippen LogP contribution in [0.25, 0.3) is 16.8 Å². The fraction of sp³-hybridized carbons (Fsp3) is 0.103. The fourth-order valence-electron chi connectivity index (χ4n) is 3.74. The number of amides is 1. The number of hydrogen-bond donors (Lipinski definition) is 1. The number of nitrogens with one attached hydrogen (secondary N) is 1. The van der Waals surface area contributed by atoms with Crippen molar-refractivity contribution in [3.8, 4) is 11.8 Å². The van der Waals surface area contributed by atoms with Crippen molar-refractivity contribution in [2.45, 2.75) is 20.5 Å². The van der Waals surface area contributed by atoms with E-state index in [9.17, 15) is 10.1 Å². The Balaban J connectivity index is 1.71.